The van der Waals surface area contributed by atoms with Crippen LogP contribution in [-0.2, 0) is 4.79 Å². The summed E-state index contributed by atoms with van der Waals surface area (Å²) >= 11 is 0. The Morgan fingerprint density at radius 2 is 2.10 bits per heavy atom. The van der Waals surface area contributed by atoms with Crippen molar-refractivity contribution in [3.05, 3.63) is 29.8 Å². The van der Waals surface area contributed by atoms with E-state index in [4.69, 9.17) is 10.5 Å². The largest absolute Gasteiger partial charge is 0.493 e. The van der Waals surface area contributed by atoms with E-state index in [1.54, 1.807) is 0 Å². The van der Waals surface area contributed by atoms with Gasteiger partial charge >= 0.3 is 0 Å². The van der Waals surface area contributed by atoms with Gasteiger partial charge in [0.1, 0.15) is 5.75 Å². The first kappa shape index (κ1) is 15.8. The Balaban J connectivity index is 1.72. The molecule has 0 radical (unpaired) electrons. The molecule has 0 aromatic heterocycles. The van der Waals surface area contributed by atoms with Crippen LogP contribution in [0.15, 0.2) is 24.3 Å². The van der Waals surface area contributed by atoms with Gasteiger partial charge in [-0.2, -0.15) is 0 Å². The van der Waals surface area contributed by atoms with Gasteiger partial charge < -0.3 is 15.4 Å². The third-order valence-electron chi connectivity index (χ3n) is 4.10. The van der Waals surface area contributed by atoms with Crippen LogP contribution >= 0.6 is 0 Å². The van der Waals surface area contributed by atoms with Gasteiger partial charge in [-0.3, -0.25) is 4.79 Å². The Kier molecular flexibility index (Phi) is 5.62. The molecule has 1 atom stereocenters. The molecule has 4 heteroatoms. The molecular formula is C17H26N2O2. The third-order valence-corrected chi connectivity index (χ3v) is 4.10. The minimum absolute atomic E-state index is 0.171. The molecule has 1 heterocycles. The molecule has 1 unspecified atom stereocenters. The summed E-state index contributed by atoms with van der Waals surface area (Å²) in [6, 6.07) is 8.10. The van der Waals surface area contributed by atoms with Crippen molar-refractivity contribution >= 4 is 5.91 Å². The number of benzene rings is 1. The second-order valence-corrected chi connectivity index (χ2v) is 6.05. The van der Waals surface area contributed by atoms with E-state index in [0.717, 1.165) is 25.3 Å². The van der Waals surface area contributed by atoms with Gasteiger partial charge in [0.2, 0.25) is 5.91 Å². The maximum atomic E-state index is 12.0. The molecule has 0 bridgehead atoms. The van der Waals surface area contributed by atoms with E-state index in [9.17, 15) is 4.79 Å². The Morgan fingerprint density at radius 3 is 2.67 bits per heavy atom. The summed E-state index contributed by atoms with van der Waals surface area (Å²) < 4.78 is 5.65. The van der Waals surface area contributed by atoms with Gasteiger partial charge in [-0.1, -0.05) is 26.0 Å². The van der Waals surface area contributed by atoms with Crippen molar-refractivity contribution in [2.45, 2.75) is 32.6 Å². The normalized spacial score (nSPS) is 18.3. The van der Waals surface area contributed by atoms with E-state index < -0.39 is 0 Å². The van der Waals surface area contributed by atoms with Gasteiger partial charge in [0.25, 0.3) is 0 Å². The van der Waals surface area contributed by atoms with Crippen LogP contribution in [0.2, 0.25) is 0 Å². The third kappa shape index (κ3) is 4.46. The summed E-state index contributed by atoms with van der Waals surface area (Å²) in [4.78, 5) is 14.0. The van der Waals surface area contributed by atoms with Gasteiger partial charge in [0.15, 0.2) is 0 Å². The average molecular weight is 290 g/mol. The van der Waals surface area contributed by atoms with Crippen LogP contribution in [0.1, 0.15) is 38.2 Å². The van der Waals surface area contributed by atoms with Gasteiger partial charge in [0, 0.05) is 13.1 Å². The first-order valence-corrected chi connectivity index (χ1v) is 7.80. The summed E-state index contributed by atoms with van der Waals surface area (Å²) in [6.07, 6.45) is 1.46. The molecule has 0 saturated carbocycles. The van der Waals surface area contributed by atoms with Crippen molar-refractivity contribution in [2.24, 2.45) is 11.7 Å². The molecule has 1 aromatic rings. The van der Waals surface area contributed by atoms with Crippen molar-refractivity contribution in [3.63, 3.8) is 0 Å². The fourth-order valence-corrected chi connectivity index (χ4v) is 2.61. The highest BCUT2D eigenvalue weighted by Crippen LogP contribution is 2.19. The number of nitrogens with two attached hydrogens (primary N) is 1. The first-order chi connectivity index (χ1) is 10.1. The minimum atomic E-state index is 0.171. The van der Waals surface area contributed by atoms with Gasteiger partial charge in [-0.15, -0.1) is 0 Å². The first-order valence-electron chi connectivity index (χ1n) is 7.80. The molecule has 1 amide bonds. The summed E-state index contributed by atoms with van der Waals surface area (Å²) in [6.45, 7) is 7.08. The number of hydrogen-bond acceptors (Lipinski definition) is 3. The van der Waals surface area contributed by atoms with E-state index >= 15 is 0 Å². The Labute approximate surface area is 127 Å². The van der Waals surface area contributed by atoms with E-state index in [1.165, 1.54) is 5.56 Å². The molecule has 4 nitrogen and oxygen atoms in total. The van der Waals surface area contributed by atoms with Crippen molar-refractivity contribution in [3.8, 4) is 5.75 Å². The number of carbonyl (C=O) groups is 1. The van der Waals surface area contributed by atoms with E-state index in [0.29, 0.717) is 31.4 Å². The Bertz CT molecular complexity index is 456. The number of carbonyl (C=O) groups excluding carboxylic acids is 1. The lowest BCUT2D eigenvalue weighted by Gasteiger charge is -2.16. The SMILES string of the molecule is CC(C)c1ccc(OCCC(=O)N2CCC(CN)C2)cc1. The zero-order valence-electron chi connectivity index (χ0n) is 13.0. The molecule has 0 spiro atoms. The van der Waals surface area contributed by atoms with Crippen LogP contribution in [0.4, 0.5) is 0 Å². The molecule has 2 N–H and O–H groups in total. The fourth-order valence-electron chi connectivity index (χ4n) is 2.61. The molecule has 1 saturated heterocycles. The molecule has 1 aliphatic rings. The molecular weight excluding hydrogens is 264 g/mol. The van der Waals surface area contributed by atoms with Crippen LogP contribution < -0.4 is 10.5 Å². The van der Waals surface area contributed by atoms with E-state index in [-0.39, 0.29) is 5.91 Å². The molecule has 1 fully saturated rings. The Morgan fingerprint density at radius 1 is 1.38 bits per heavy atom. The second-order valence-electron chi connectivity index (χ2n) is 6.05. The highest BCUT2D eigenvalue weighted by atomic mass is 16.5. The van der Waals surface area contributed by atoms with Gasteiger partial charge in [-0.25, -0.2) is 0 Å². The van der Waals surface area contributed by atoms with Crippen LogP contribution in [-0.4, -0.2) is 37.0 Å². The standard InChI is InChI=1S/C17H26N2O2/c1-13(2)15-3-5-16(6-4-15)21-10-8-17(20)19-9-7-14(11-18)12-19/h3-6,13-14H,7-12,18H2,1-2H3. The average Bonchev–Trinajstić information content (AvgIpc) is 2.96. The van der Waals surface area contributed by atoms with E-state index in [2.05, 4.69) is 26.0 Å². The molecule has 21 heavy (non-hydrogen) atoms. The molecule has 0 aliphatic carbocycles. The van der Waals surface area contributed by atoms with Gasteiger partial charge in [0.05, 0.1) is 13.0 Å². The smallest absolute Gasteiger partial charge is 0.226 e. The van der Waals surface area contributed by atoms with Crippen molar-refractivity contribution < 1.29 is 9.53 Å². The molecule has 116 valence electrons. The Hall–Kier alpha value is -1.55. The summed E-state index contributed by atoms with van der Waals surface area (Å²) in [7, 11) is 0. The highest BCUT2D eigenvalue weighted by Gasteiger charge is 2.24. The maximum Gasteiger partial charge on any atom is 0.226 e. The van der Waals surface area contributed by atoms with Crippen molar-refractivity contribution in [2.75, 3.05) is 26.2 Å². The summed E-state index contributed by atoms with van der Waals surface area (Å²) in [5, 5.41) is 0. The minimum Gasteiger partial charge on any atom is -0.493 e. The highest BCUT2D eigenvalue weighted by molar-refractivity contribution is 5.76. The number of hydrogen-bond donors (Lipinski definition) is 1. The van der Waals surface area contributed by atoms with Gasteiger partial charge in [-0.05, 0) is 42.5 Å². The predicted octanol–water partition coefficient (Wildman–Crippen LogP) is 2.39. The molecule has 1 aliphatic heterocycles. The summed E-state index contributed by atoms with van der Waals surface area (Å²) in [5.74, 6) is 1.99. The van der Waals surface area contributed by atoms with Crippen LogP contribution in [0.3, 0.4) is 0 Å². The topological polar surface area (TPSA) is 55.6 Å². The number of likely N-dealkylation sites (tertiary alicyclic amines) is 1. The van der Waals surface area contributed by atoms with Crippen LogP contribution in [0.5, 0.6) is 5.75 Å². The number of amides is 1. The lowest BCUT2D eigenvalue weighted by molar-refractivity contribution is -0.130. The van der Waals surface area contributed by atoms with E-state index in [1.807, 2.05) is 17.0 Å². The molecule has 2 rings (SSSR count). The molecule has 1 aromatic carbocycles. The predicted molar refractivity (Wildman–Crippen MR) is 84.4 cm³/mol. The number of ether oxygens (including phenoxy) is 1. The lowest BCUT2D eigenvalue weighted by atomic mass is 10.0. The quantitative estimate of drug-likeness (QED) is 0.875. The maximum absolute atomic E-state index is 12.0. The lowest BCUT2D eigenvalue weighted by Crippen LogP contribution is -2.30. The fraction of sp³-hybridized carbons (Fsp3) is 0.588. The number of nitrogens with zero attached hydrogens (tertiary/aromatic N) is 1. The van der Waals surface area contributed by atoms with Crippen molar-refractivity contribution in [1.82, 2.24) is 4.90 Å². The second kappa shape index (κ2) is 7.46. The zero-order valence-corrected chi connectivity index (χ0v) is 13.0. The zero-order chi connectivity index (χ0) is 15.2. The van der Waals surface area contributed by atoms with Crippen molar-refractivity contribution in [1.29, 1.82) is 0 Å². The van der Waals surface area contributed by atoms with Crippen LogP contribution in [0.25, 0.3) is 0 Å². The summed E-state index contributed by atoms with van der Waals surface area (Å²) in [5.41, 5.74) is 6.94. The number of rotatable bonds is 6. The monoisotopic (exact) mass is 290 g/mol. The van der Waals surface area contributed by atoms with Crippen LogP contribution in [0, 0.1) is 5.92 Å².